The summed E-state index contributed by atoms with van der Waals surface area (Å²) in [6, 6.07) is 0. The van der Waals surface area contributed by atoms with Crippen LogP contribution in [0.3, 0.4) is 0 Å². The van der Waals surface area contributed by atoms with Crippen LogP contribution in [0.25, 0.3) is 0 Å². The van der Waals surface area contributed by atoms with Crippen LogP contribution in [0, 0.1) is 13.8 Å². The van der Waals surface area contributed by atoms with Crippen molar-refractivity contribution in [2.45, 2.75) is 12.8 Å². The zero-order valence-electron chi connectivity index (χ0n) is 5.84. The van der Waals surface area contributed by atoms with E-state index in [4.69, 9.17) is 0 Å². The predicted octanol–water partition coefficient (Wildman–Crippen LogP) is 2.17. The molecule has 0 saturated heterocycles. The Morgan fingerprint density at radius 2 is 1.22 bits per heavy atom. The number of allylic oxidation sites excluding steroid dienone is 4. The van der Waals surface area contributed by atoms with E-state index in [1.165, 1.54) is 0 Å². The summed E-state index contributed by atoms with van der Waals surface area (Å²) in [7, 11) is 0. The molecule has 9 heavy (non-hydrogen) atoms. The molecule has 0 aliphatic carbocycles. The molecule has 0 aliphatic rings. The van der Waals surface area contributed by atoms with E-state index in [0.717, 1.165) is 12.8 Å². The molecule has 0 radical (unpaired) electrons. The van der Waals surface area contributed by atoms with Gasteiger partial charge in [0.2, 0.25) is 0 Å². The fraction of sp³-hybridized carbons (Fsp3) is 0.250. The van der Waals surface area contributed by atoms with Crippen molar-refractivity contribution in [3.05, 3.63) is 38.2 Å². The molecule has 0 heterocycles. The van der Waals surface area contributed by atoms with Crippen LogP contribution < -0.4 is 0 Å². The van der Waals surface area contributed by atoms with Gasteiger partial charge in [0.05, 0.1) is 0 Å². The molecule has 0 nitrogen and oxygen atoms in total. The van der Waals surface area contributed by atoms with E-state index in [-0.39, 0.29) is 23.1 Å². The van der Waals surface area contributed by atoms with Gasteiger partial charge in [0.1, 0.15) is 0 Å². The van der Waals surface area contributed by atoms with Gasteiger partial charge in [-0.25, -0.2) is 38.2 Å². The third kappa shape index (κ3) is 11.5. The van der Waals surface area contributed by atoms with Gasteiger partial charge in [-0.3, -0.25) is 0 Å². The first-order valence-electron chi connectivity index (χ1n) is 2.80. The van der Waals surface area contributed by atoms with Crippen molar-refractivity contribution in [3.8, 4) is 0 Å². The molecule has 0 bridgehead atoms. The summed E-state index contributed by atoms with van der Waals surface area (Å²) in [5, 5.41) is 0. The second kappa shape index (κ2) is 10.9. The molecular formula is C8H12Mg. The Hall–Kier alpha value is -0.0138. The fourth-order valence-electron chi connectivity index (χ4n) is 0.428. The van der Waals surface area contributed by atoms with Gasteiger partial charge >= 0.3 is 23.1 Å². The molecule has 0 saturated carbocycles. The monoisotopic (exact) mass is 132 g/mol. The van der Waals surface area contributed by atoms with Crippen LogP contribution >= 0.6 is 0 Å². The Bertz CT molecular complexity index is 70.6. The SMILES string of the molecule is [CH2-]C=CCC/C=C\[CH2-].[Mg+2]. The van der Waals surface area contributed by atoms with Crippen molar-refractivity contribution in [1.29, 1.82) is 0 Å². The number of unbranched alkanes of at least 4 members (excludes halogenated alkanes) is 1. The number of hydrogen-bond acceptors (Lipinski definition) is 0. The Morgan fingerprint density at radius 1 is 0.889 bits per heavy atom. The molecule has 0 spiro atoms. The first-order valence-corrected chi connectivity index (χ1v) is 2.80. The molecule has 0 aliphatic heterocycles. The van der Waals surface area contributed by atoms with Gasteiger partial charge in [-0.2, -0.15) is 0 Å². The van der Waals surface area contributed by atoms with E-state index in [1.54, 1.807) is 0 Å². The summed E-state index contributed by atoms with van der Waals surface area (Å²) < 4.78 is 0. The van der Waals surface area contributed by atoms with Gasteiger partial charge in [-0.15, -0.1) is 12.8 Å². The number of hydrogen-bond donors (Lipinski definition) is 0. The van der Waals surface area contributed by atoms with Crippen LogP contribution in [-0.2, 0) is 0 Å². The van der Waals surface area contributed by atoms with Crippen molar-refractivity contribution >= 4 is 23.1 Å². The van der Waals surface area contributed by atoms with Crippen LogP contribution in [0.5, 0.6) is 0 Å². The van der Waals surface area contributed by atoms with Crippen LogP contribution in [0.15, 0.2) is 24.3 Å². The standard InChI is InChI=1S/C8H12.Mg/c1-3-5-7-8-6-4-2;/h3-6H,1-2,7-8H2;/q-2;+2/b5-3-,6-4?;. The van der Waals surface area contributed by atoms with Crippen LogP contribution in [0.2, 0.25) is 0 Å². The summed E-state index contributed by atoms with van der Waals surface area (Å²) in [6.07, 6.45) is 9.87. The largest absolute Gasteiger partial charge is 2.00 e. The molecule has 0 amide bonds. The zero-order chi connectivity index (χ0) is 6.24. The van der Waals surface area contributed by atoms with E-state index < -0.39 is 0 Å². The molecule has 46 valence electrons. The molecular weight excluding hydrogens is 120 g/mol. The summed E-state index contributed by atoms with van der Waals surface area (Å²) in [6.45, 7) is 7.13. The second-order valence-electron chi connectivity index (χ2n) is 1.52. The van der Waals surface area contributed by atoms with Crippen molar-refractivity contribution in [1.82, 2.24) is 0 Å². The first-order chi connectivity index (χ1) is 3.91. The molecule has 1 heteroatoms. The van der Waals surface area contributed by atoms with Gasteiger partial charge < -0.3 is 0 Å². The maximum absolute atomic E-state index is 3.56. The van der Waals surface area contributed by atoms with E-state index in [2.05, 4.69) is 13.8 Å². The predicted molar refractivity (Wildman–Crippen MR) is 44.0 cm³/mol. The quantitative estimate of drug-likeness (QED) is 0.314. The Balaban J connectivity index is 0. The molecule has 0 atom stereocenters. The number of rotatable bonds is 3. The van der Waals surface area contributed by atoms with Crippen LogP contribution in [0.4, 0.5) is 0 Å². The van der Waals surface area contributed by atoms with Crippen molar-refractivity contribution in [3.63, 3.8) is 0 Å². The first kappa shape index (κ1) is 11.7. The molecule has 0 aromatic rings. The zero-order valence-corrected chi connectivity index (χ0v) is 7.26. The maximum Gasteiger partial charge on any atom is 2.00 e. The molecule has 0 aromatic heterocycles. The second-order valence-corrected chi connectivity index (χ2v) is 1.52. The van der Waals surface area contributed by atoms with E-state index in [9.17, 15) is 0 Å². The van der Waals surface area contributed by atoms with Gasteiger partial charge in [-0.1, -0.05) is 0 Å². The Kier molecular flexibility index (Phi) is 14.2. The van der Waals surface area contributed by atoms with Gasteiger partial charge in [-0.05, 0) is 0 Å². The summed E-state index contributed by atoms with van der Waals surface area (Å²) in [5.41, 5.74) is 0. The van der Waals surface area contributed by atoms with Gasteiger partial charge in [0.25, 0.3) is 0 Å². The van der Waals surface area contributed by atoms with Crippen molar-refractivity contribution < 1.29 is 0 Å². The fourth-order valence-corrected chi connectivity index (χ4v) is 0.428. The van der Waals surface area contributed by atoms with Crippen LogP contribution in [0.1, 0.15) is 12.8 Å². The Morgan fingerprint density at radius 3 is 1.44 bits per heavy atom. The third-order valence-corrected chi connectivity index (χ3v) is 0.833. The minimum Gasteiger partial charge on any atom is -0.245 e. The van der Waals surface area contributed by atoms with Crippen molar-refractivity contribution in [2.75, 3.05) is 0 Å². The summed E-state index contributed by atoms with van der Waals surface area (Å²) >= 11 is 0. The minimum absolute atomic E-state index is 0. The normalized spacial score (nSPS) is 10.2. The third-order valence-electron chi connectivity index (χ3n) is 0.833. The van der Waals surface area contributed by atoms with Gasteiger partial charge in [0, 0.05) is 0 Å². The smallest absolute Gasteiger partial charge is 0.245 e. The average Bonchev–Trinajstić information content (AvgIpc) is 1.81. The molecule has 0 rings (SSSR count). The van der Waals surface area contributed by atoms with E-state index in [0.29, 0.717) is 0 Å². The maximum atomic E-state index is 3.56. The average molecular weight is 132 g/mol. The van der Waals surface area contributed by atoms with E-state index >= 15 is 0 Å². The van der Waals surface area contributed by atoms with Crippen molar-refractivity contribution in [2.24, 2.45) is 0 Å². The van der Waals surface area contributed by atoms with Gasteiger partial charge in [0.15, 0.2) is 0 Å². The Labute approximate surface area is 74.2 Å². The van der Waals surface area contributed by atoms with Crippen LogP contribution in [-0.4, -0.2) is 23.1 Å². The minimum atomic E-state index is 0. The summed E-state index contributed by atoms with van der Waals surface area (Å²) in [5.74, 6) is 0. The molecule has 0 aromatic carbocycles. The van der Waals surface area contributed by atoms with E-state index in [1.807, 2.05) is 24.3 Å². The summed E-state index contributed by atoms with van der Waals surface area (Å²) in [4.78, 5) is 0. The molecule has 0 fully saturated rings. The molecule has 0 N–H and O–H groups in total. The molecule has 0 unspecified atom stereocenters. The topological polar surface area (TPSA) is 0 Å².